The van der Waals surface area contributed by atoms with E-state index < -0.39 is 0 Å². The first-order valence-electron chi connectivity index (χ1n) is 11.7. The molecule has 0 saturated carbocycles. The van der Waals surface area contributed by atoms with Crippen LogP contribution in [0.3, 0.4) is 0 Å². The Labute approximate surface area is 208 Å². The molecule has 0 unspecified atom stereocenters. The van der Waals surface area contributed by atoms with E-state index >= 15 is 0 Å². The van der Waals surface area contributed by atoms with Crippen LogP contribution in [-0.4, -0.2) is 53.1 Å². The number of anilines is 5. The summed E-state index contributed by atoms with van der Waals surface area (Å²) in [7, 11) is 0. The Hall–Kier alpha value is -4.51. The number of aromatic nitrogens is 3. The van der Waals surface area contributed by atoms with Crippen molar-refractivity contribution < 1.29 is 9.59 Å². The number of benzene rings is 1. The average molecular weight is 486 g/mol. The number of amides is 3. The third-order valence-corrected chi connectivity index (χ3v) is 5.93. The van der Waals surface area contributed by atoms with Crippen LogP contribution in [-0.2, 0) is 13.0 Å². The molecule has 5 rings (SSSR count). The largest absolute Gasteiger partial charge is 0.348 e. The molecule has 5 N–H and O–H groups in total. The second-order valence-corrected chi connectivity index (χ2v) is 8.40. The summed E-state index contributed by atoms with van der Waals surface area (Å²) in [6.45, 7) is 6.84. The van der Waals surface area contributed by atoms with Gasteiger partial charge in [-0.3, -0.25) is 9.69 Å². The van der Waals surface area contributed by atoms with Crippen molar-refractivity contribution in [3.05, 3.63) is 72.1 Å². The van der Waals surface area contributed by atoms with E-state index in [0.717, 1.165) is 25.2 Å². The lowest BCUT2D eigenvalue weighted by molar-refractivity contribution is 0.0958. The highest BCUT2D eigenvalue weighted by Crippen LogP contribution is 2.25. The van der Waals surface area contributed by atoms with E-state index in [1.54, 1.807) is 29.3 Å². The zero-order valence-electron chi connectivity index (χ0n) is 19.7. The molecule has 11 heteroatoms. The molecule has 3 amide bonds. The van der Waals surface area contributed by atoms with Crippen molar-refractivity contribution in [3.8, 4) is 0 Å². The summed E-state index contributed by atoms with van der Waals surface area (Å²) in [5.74, 6) is 0.825. The quantitative estimate of drug-likeness (QED) is 0.307. The molecule has 1 aromatic carbocycles. The Balaban J connectivity index is 1.43. The van der Waals surface area contributed by atoms with Gasteiger partial charge in [0.25, 0.3) is 5.91 Å². The molecule has 1 fully saturated rings. The number of urea groups is 1. The lowest BCUT2D eigenvalue weighted by Gasteiger charge is -2.18. The zero-order valence-corrected chi connectivity index (χ0v) is 19.7. The van der Waals surface area contributed by atoms with Crippen molar-refractivity contribution in [2.24, 2.45) is 0 Å². The average Bonchev–Trinajstić information content (AvgIpc) is 3.33. The van der Waals surface area contributed by atoms with Gasteiger partial charge in [-0.05, 0) is 42.3 Å². The van der Waals surface area contributed by atoms with Crippen molar-refractivity contribution in [2.45, 2.75) is 13.0 Å². The maximum Gasteiger partial charge on any atom is 0.323 e. The highest BCUT2D eigenvalue weighted by molar-refractivity contribution is 5.99. The van der Waals surface area contributed by atoms with Gasteiger partial charge in [-0.2, -0.15) is 4.98 Å². The number of carbonyl (C=O) groups is 2. The minimum absolute atomic E-state index is 0.196. The van der Waals surface area contributed by atoms with Crippen LogP contribution >= 0.6 is 0 Å². The molecule has 3 aromatic rings. The molecule has 2 aromatic heterocycles. The first kappa shape index (κ1) is 23.2. The molecular weight excluding hydrogens is 458 g/mol. The summed E-state index contributed by atoms with van der Waals surface area (Å²) < 4.78 is 0. The maximum atomic E-state index is 12.8. The highest BCUT2D eigenvalue weighted by Gasteiger charge is 2.23. The molecule has 0 radical (unpaired) electrons. The number of hydrogen-bond donors (Lipinski definition) is 5. The monoisotopic (exact) mass is 485 g/mol. The summed E-state index contributed by atoms with van der Waals surface area (Å²) in [5.41, 5.74) is 4.33. The van der Waals surface area contributed by atoms with Crippen molar-refractivity contribution in [1.29, 1.82) is 0 Å². The lowest BCUT2D eigenvalue weighted by atomic mass is 10.0. The van der Waals surface area contributed by atoms with E-state index in [2.05, 4.69) is 60.2 Å². The molecule has 4 heterocycles. The molecule has 1 saturated heterocycles. The van der Waals surface area contributed by atoms with Gasteiger partial charge < -0.3 is 26.6 Å². The number of nitrogens with one attached hydrogen (secondary N) is 5. The second-order valence-electron chi connectivity index (χ2n) is 8.40. The molecule has 11 nitrogen and oxygen atoms in total. The van der Waals surface area contributed by atoms with Crippen LogP contribution in [0.4, 0.5) is 33.8 Å². The summed E-state index contributed by atoms with van der Waals surface area (Å²) in [4.78, 5) is 39.7. The molecule has 0 bridgehead atoms. The van der Waals surface area contributed by atoms with Crippen LogP contribution in [0.2, 0.25) is 0 Å². The summed E-state index contributed by atoms with van der Waals surface area (Å²) in [5, 5.41) is 15.3. The number of fused-ring (bicyclic) bond motifs is 1. The predicted molar refractivity (Wildman–Crippen MR) is 138 cm³/mol. The highest BCUT2D eigenvalue weighted by atomic mass is 16.2. The first-order chi connectivity index (χ1) is 17.6. The molecular formula is C25H27N9O2. The van der Waals surface area contributed by atoms with Gasteiger partial charge in [-0.15, -0.1) is 6.58 Å². The smallest absolute Gasteiger partial charge is 0.323 e. The van der Waals surface area contributed by atoms with Crippen LogP contribution in [0.25, 0.3) is 0 Å². The molecule has 2 aliphatic rings. The summed E-state index contributed by atoms with van der Waals surface area (Å²) in [6.07, 6.45) is 5.68. The van der Waals surface area contributed by atoms with E-state index in [1.165, 1.54) is 17.3 Å². The van der Waals surface area contributed by atoms with Gasteiger partial charge >= 0.3 is 6.03 Å². The number of carbonyl (C=O) groups excluding carboxylic acids is 2. The van der Waals surface area contributed by atoms with Gasteiger partial charge in [0.2, 0.25) is 5.95 Å². The fourth-order valence-electron chi connectivity index (χ4n) is 4.12. The van der Waals surface area contributed by atoms with Crippen molar-refractivity contribution in [2.75, 3.05) is 41.7 Å². The van der Waals surface area contributed by atoms with Crippen molar-refractivity contribution >= 4 is 40.9 Å². The van der Waals surface area contributed by atoms with Gasteiger partial charge in [0.1, 0.15) is 17.2 Å². The van der Waals surface area contributed by atoms with Gasteiger partial charge in [0.15, 0.2) is 0 Å². The van der Waals surface area contributed by atoms with Gasteiger partial charge in [0, 0.05) is 56.0 Å². The number of nitrogens with zero attached hydrogens (tertiary/aromatic N) is 4. The number of pyridine rings is 1. The number of rotatable bonds is 8. The van der Waals surface area contributed by atoms with E-state index in [1.807, 2.05) is 6.07 Å². The fraction of sp³-hybridized carbons (Fsp3) is 0.240. The molecule has 0 atom stereocenters. The summed E-state index contributed by atoms with van der Waals surface area (Å²) in [6, 6.07) is 9.48. The molecule has 0 spiro atoms. The van der Waals surface area contributed by atoms with Crippen LogP contribution in [0.15, 0.2) is 55.4 Å². The van der Waals surface area contributed by atoms with Crippen molar-refractivity contribution in [1.82, 2.24) is 30.9 Å². The van der Waals surface area contributed by atoms with Gasteiger partial charge in [-0.1, -0.05) is 12.1 Å². The fourth-order valence-corrected chi connectivity index (χ4v) is 4.12. The van der Waals surface area contributed by atoms with E-state index in [-0.39, 0.29) is 17.5 Å². The van der Waals surface area contributed by atoms with E-state index in [0.29, 0.717) is 42.9 Å². The van der Waals surface area contributed by atoms with Gasteiger partial charge in [0.05, 0.1) is 0 Å². The predicted octanol–water partition coefficient (Wildman–Crippen LogP) is 2.45. The number of hydrogen-bond acceptors (Lipinski definition) is 8. The Kier molecular flexibility index (Phi) is 6.72. The molecule has 2 aliphatic heterocycles. The van der Waals surface area contributed by atoms with Crippen LogP contribution in [0.1, 0.15) is 21.5 Å². The van der Waals surface area contributed by atoms with Gasteiger partial charge in [-0.25, -0.2) is 14.8 Å². The Morgan fingerprint density at radius 1 is 1.11 bits per heavy atom. The SMILES string of the molecule is C=CCNC(=O)c1cnc(Nc2ccc3c(c2)CNCC3)nc1Nc1ccnc(N2CCNC2=O)c1. The first-order valence-corrected chi connectivity index (χ1v) is 11.7. The van der Waals surface area contributed by atoms with Crippen LogP contribution in [0.5, 0.6) is 0 Å². The Bertz CT molecular complexity index is 1310. The van der Waals surface area contributed by atoms with E-state index in [9.17, 15) is 9.59 Å². The molecule has 184 valence electrons. The standard InChI is InChI=1S/C25H27N9O2/c1-2-7-28-23(35)20-15-30-24(32-18-4-3-16-5-8-26-14-17(16)12-18)33-22(20)31-19-6-9-27-21(13-19)34-11-10-29-25(34)36/h2-4,6,9,12-13,15,26H,1,5,7-8,10-11,14H2,(H,28,35)(H,29,36)(H2,27,30,31,32,33). The Morgan fingerprint density at radius 3 is 2.83 bits per heavy atom. The molecule has 0 aliphatic carbocycles. The van der Waals surface area contributed by atoms with E-state index in [4.69, 9.17) is 0 Å². The van der Waals surface area contributed by atoms with Crippen molar-refractivity contribution in [3.63, 3.8) is 0 Å². The normalized spacial score (nSPS) is 14.6. The third kappa shape index (κ3) is 5.10. The van der Waals surface area contributed by atoms with Crippen LogP contribution < -0.4 is 31.5 Å². The minimum atomic E-state index is -0.336. The lowest BCUT2D eigenvalue weighted by Crippen LogP contribution is -2.28. The maximum absolute atomic E-state index is 12.8. The second kappa shape index (κ2) is 10.4. The summed E-state index contributed by atoms with van der Waals surface area (Å²) >= 11 is 0. The topological polar surface area (TPSA) is 136 Å². The third-order valence-electron chi connectivity index (χ3n) is 5.93. The minimum Gasteiger partial charge on any atom is -0.348 e. The molecule has 36 heavy (non-hydrogen) atoms. The Morgan fingerprint density at radius 2 is 2.00 bits per heavy atom. The zero-order chi connectivity index (χ0) is 24.9. The van der Waals surface area contributed by atoms with Crippen LogP contribution in [0, 0.1) is 0 Å².